The van der Waals surface area contributed by atoms with E-state index in [0.717, 1.165) is 31.9 Å². The van der Waals surface area contributed by atoms with Crippen LogP contribution in [0.4, 0.5) is 21.5 Å². The fraction of sp³-hybridized carbons (Fsp3) is 0.318. The summed E-state index contributed by atoms with van der Waals surface area (Å²) in [5.41, 5.74) is 3.18. The first-order valence-electron chi connectivity index (χ1n) is 9.69. The Morgan fingerprint density at radius 2 is 1.79 bits per heavy atom. The normalized spacial score (nSPS) is 18.5. The number of piperazine rings is 1. The summed E-state index contributed by atoms with van der Waals surface area (Å²) >= 11 is 0. The van der Waals surface area contributed by atoms with Gasteiger partial charge in [-0.15, -0.1) is 0 Å². The number of rotatable bonds is 4. The monoisotopic (exact) mass is 380 g/mol. The highest BCUT2D eigenvalue weighted by Crippen LogP contribution is 2.33. The van der Waals surface area contributed by atoms with Gasteiger partial charge in [0.2, 0.25) is 0 Å². The van der Waals surface area contributed by atoms with Crippen molar-refractivity contribution in [2.24, 2.45) is 0 Å². The van der Waals surface area contributed by atoms with E-state index in [0.29, 0.717) is 22.9 Å². The minimum atomic E-state index is -0.403. The van der Waals surface area contributed by atoms with Crippen molar-refractivity contribution in [2.75, 3.05) is 41.7 Å². The third-order valence-corrected chi connectivity index (χ3v) is 5.44. The molecule has 2 N–H and O–H groups in total. The van der Waals surface area contributed by atoms with E-state index >= 15 is 0 Å². The molecular weight excluding hydrogens is 355 g/mol. The van der Waals surface area contributed by atoms with E-state index in [4.69, 9.17) is 0 Å². The number of anilines is 3. The number of hydrogen-bond acceptors (Lipinski definition) is 4. The molecule has 1 saturated heterocycles. The predicted octanol–water partition coefficient (Wildman–Crippen LogP) is 3.76. The standard InChI is InChI=1S/C22H25FN4O/c1-15(2)26-10-12-27(13-11-26)17-8-6-16(7-9-17)24-14-18-21-19(23)4-3-5-20(21)25-22(18)28/h3-9,14-15,24H,10-13H2,1-2H3,(H,25,28)/b18-14+. The maximum atomic E-state index is 14.1. The molecule has 2 aromatic carbocycles. The molecule has 0 aliphatic carbocycles. The molecule has 2 aliphatic rings. The molecule has 2 aromatic rings. The van der Waals surface area contributed by atoms with Crippen LogP contribution in [0.3, 0.4) is 0 Å². The summed E-state index contributed by atoms with van der Waals surface area (Å²) in [7, 11) is 0. The van der Waals surface area contributed by atoms with Crippen molar-refractivity contribution in [3.8, 4) is 0 Å². The SMILES string of the molecule is CC(C)N1CCN(c2ccc(N/C=C3/C(=O)Nc4cccc(F)c43)cc2)CC1. The lowest BCUT2D eigenvalue weighted by Crippen LogP contribution is -2.48. The van der Waals surface area contributed by atoms with Crippen LogP contribution in [0.15, 0.2) is 48.7 Å². The van der Waals surface area contributed by atoms with Gasteiger partial charge in [0, 0.05) is 55.4 Å². The highest BCUT2D eigenvalue weighted by molar-refractivity contribution is 6.31. The second kappa shape index (κ2) is 7.64. The van der Waals surface area contributed by atoms with Crippen molar-refractivity contribution >= 4 is 28.5 Å². The van der Waals surface area contributed by atoms with Crippen LogP contribution >= 0.6 is 0 Å². The number of fused-ring (bicyclic) bond motifs is 1. The number of hydrogen-bond donors (Lipinski definition) is 2. The molecule has 0 aromatic heterocycles. The predicted molar refractivity (Wildman–Crippen MR) is 112 cm³/mol. The van der Waals surface area contributed by atoms with Gasteiger partial charge in [0.05, 0.1) is 11.3 Å². The van der Waals surface area contributed by atoms with E-state index in [1.807, 2.05) is 12.1 Å². The molecule has 0 atom stereocenters. The maximum Gasteiger partial charge on any atom is 0.257 e. The Morgan fingerprint density at radius 1 is 1.07 bits per heavy atom. The first-order chi connectivity index (χ1) is 13.5. The van der Waals surface area contributed by atoms with Crippen molar-refractivity contribution in [1.29, 1.82) is 0 Å². The summed E-state index contributed by atoms with van der Waals surface area (Å²) in [4.78, 5) is 17.0. The van der Waals surface area contributed by atoms with Crippen LogP contribution in [0.2, 0.25) is 0 Å². The lowest BCUT2D eigenvalue weighted by molar-refractivity contribution is -0.110. The number of nitrogens with one attached hydrogen (secondary N) is 2. The molecule has 0 radical (unpaired) electrons. The zero-order chi connectivity index (χ0) is 19.7. The third-order valence-electron chi connectivity index (χ3n) is 5.44. The smallest absolute Gasteiger partial charge is 0.257 e. The largest absolute Gasteiger partial charge is 0.369 e. The van der Waals surface area contributed by atoms with Crippen LogP contribution < -0.4 is 15.5 Å². The van der Waals surface area contributed by atoms with Gasteiger partial charge >= 0.3 is 0 Å². The van der Waals surface area contributed by atoms with Crippen LogP contribution in [0.1, 0.15) is 19.4 Å². The van der Waals surface area contributed by atoms with Crippen molar-refractivity contribution in [3.05, 3.63) is 60.0 Å². The van der Waals surface area contributed by atoms with Crippen LogP contribution in [-0.2, 0) is 4.79 Å². The molecule has 5 nitrogen and oxygen atoms in total. The molecule has 4 rings (SSSR count). The molecule has 0 saturated carbocycles. The highest BCUT2D eigenvalue weighted by atomic mass is 19.1. The highest BCUT2D eigenvalue weighted by Gasteiger charge is 2.27. The molecule has 1 fully saturated rings. The minimum absolute atomic E-state index is 0.299. The zero-order valence-corrected chi connectivity index (χ0v) is 16.2. The Morgan fingerprint density at radius 3 is 2.46 bits per heavy atom. The molecule has 6 heteroatoms. The minimum Gasteiger partial charge on any atom is -0.369 e. The third kappa shape index (κ3) is 3.60. The topological polar surface area (TPSA) is 47.6 Å². The second-order valence-corrected chi connectivity index (χ2v) is 7.48. The Kier molecular flexibility index (Phi) is 5.05. The summed E-state index contributed by atoms with van der Waals surface area (Å²) in [5.74, 6) is -0.702. The molecule has 28 heavy (non-hydrogen) atoms. The molecule has 0 spiro atoms. The van der Waals surface area contributed by atoms with Crippen LogP contribution in [-0.4, -0.2) is 43.0 Å². The Balaban J connectivity index is 1.44. The van der Waals surface area contributed by atoms with Gasteiger partial charge in [-0.2, -0.15) is 0 Å². The van der Waals surface area contributed by atoms with E-state index in [9.17, 15) is 9.18 Å². The average Bonchev–Trinajstić information content (AvgIpc) is 3.03. The molecule has 2 heterocycles. The van der Waals surface area contributed by atoms with Gasteiger partial charge < -0.3 is 15.5 Å². The molecule has 0 unspecified atom stereocenters. The Bertz CT molecular complexity index is 899. The van der Waals surface area contributed by atoms with Gasteiger partial charge in [0.25, 0.3) is 5.91 Å². The lowest BCUT2D eigenvalue weighted by atomic mass is 10.1. The van der Waals surface area contributed by atoms with Crippen molar-refractivity contribution in [2.45, 2.75) is 19.9 Å². The number of benzene rings is 2. The molecular formula is C22H25FN4O. The summed E-state index contributed by atoms with van der Waals surface area (Å²) in [6, 6.07) is 13.4. The summed E-state index contributed by atoms with van der Waals surface area (Å²) in [6.07, 6.45) is 1.57. The molecule has 0 bridgehead atoms. The van der Waals surface area contributed by atoms with Crippen molar-refractivity contribution in [1.82, 2.24) is 4.90 Å². The summed E-state index contributed by atoms with van der Waals surface area (Å²) in [6.45, 7) is 8.66. The van der Waals surface area contributed by atoms with Gasteiger partial charge in [0.1, 0.15) is 5.82 Å². The Labute approximate surface area is 164 Å². The van der Waals surface area contributed by atoms with Gasteiger partial charge in [-0.1, -0.05) is 6.07 Å². The average molecular weight is 380 g/mol. The number of halogens is 1. The number of carbonyl (C=O) groups excluding carboxylic acids is 1. The summed E-state index contributed by atoms with van der Waals surface area (Å²) < 4.78 is 14.1. The molecule has 1 amide bonds. The van der Waals surface area contributed by atoms with Gasteiger partial charge in [-0.25, -0.2) is 4.39 Å². The van der Waals surface area contributed by atoms with E-state index in [2.05, 4.69) is 46.4 Å². The van der Waals surface area contributed by atoms with Gasteiger partial charge in [0.15, 0.2) is 0 Å². The number of nitrogens with zero attached hydrogens (tertiary/aromatic N) is 2. The van der Waals surface area contributed by atoms with E-state index in [-0.39, 0.29) is 5.91 Å². The number of amides is 1. The van der Waals surface area contributed by atoms with Crippen molar-refractivity contribution in [3.63, 3.8) is 0 Å². The van der Waals surface area contributed by atoms with E-state index in [1.165, 1.54) is 11.8 Å². The van der Waals surface area contributed by atoms with E-state index < -0.39 is 5.82 Å². The fourth-order valence-corrected chi connectivity index (χ4v) is 3.76. The quantitative estimate of drug-likeness (QED) is 0.793. The fourth-order valence-electron chi connectivity index (χ4n) is 3.76. The van der Waals surface area contributed by atoms with Gasteiger partial charge in [-0.3, -0.25) is 9.69 Å². The van der Waals surface area contributed by atoms with Crippen molar-refractivity contribution < 1.29 is 9.18 Å². The lowest BCUT2D eigenvalue weighted by Gasteiger charge is -2.38. The molecule has 2 aliphatic heterocycles. The van der Waals surface area contributed by atoms with Crippen LogP contribution in [0, 0.1) is 5.82 Å². The van der Waals surface area contributed by atoms with Crippen LogP contribution in [0.25, 0.3) is 5.57 Å². The van der Waals surface area contributed by atoms with E-state index in [1.54, 1.807) is 18.3 Å². The van der Waals surface area contributed by atoms with Crippen LogP contribution in [0.5, 0.6) is 0 Å². The second-order valence-electron chi connectivity index (χ2n) is 7.48. The maximum absolute atomic E-state index is 14.1. The van der Waals surface area contributed by atoms with Gasteiger partial charge in [-0.05, 0) is 50.2 Å². The summed E-state index contributed by atoms with van der Waals surface area (Å²) in [5, 5.41) is 5.81. The first kappa shape index (κ1) is 18.5. The first-order valence-corrected chi connectivity index (χ1v) is 9.69. The molecule has 146 valence electrons. The zero-order valence-electron chi connectivity index (χ0n) is 16.2. The Hall–Kier alpha value is -2.86. The number of carbonyl (C=O) groups is 1.